The highest BCUT2D eigenvalue weighted by atomic mass is 16.5. The van der Waals surface area contributed by atoms with Crippen LogP contribution in [-0.2, 0) is 4.79 Å². The molecule has 5 nitrogen and oxygen atoms in total. The third-order valence-electron chi connectivity index (χ3n) is 2.07. The molecule has 0 spiro atoms. The summed E-state index contributed by atoms with van der Waals surface area (Å²) in [4.78, 5) is 11.3. The standard InChI is InChI=1S/C13H16N2O3/c1-3-17-11-6-5-10(9-12(11)18-4-2)15-13(16)7-8-14/h5-6,9H,3-4,7H2,1-2H3,(H,15,16). The zero-order valence-electron chi connectivity index (χ0n) is 10.5. The van der Waals surface area contributed by atoms with E-state index in [0.717, 1.165) is 0 Å². The van der Waals surface area contributed by atoms with E-state index in [4.69, 9.17) is 14.7 Å². The number of ether oxygens (including phenoxy) is 2. The van der Waals surface area contributed by atoms with E-state index < -0.39 is 0 Å². The molecule has 5 heteroatoms. The monoisotopic (exact) mass is 248 g/mol. The fourth-order valence-electron chi connectivity index (χ4n) is 1.41. The van der Waals surface area contributed by atoms with Crippen molar-refractivity contribution in [2.45, 2.75) is 20.3 Å². The van der Waals surface area contributed by atoms with E-state index in [1.165, 1.54) is 0 Å². The van der Waals surface area contributed by atoms with Gasteiger partial charge in [0.05, 0.1) is 19.3 Å². The van der Waals surface area contributed by atoms with E-state index in [2.05, 4.69) is 5.32 Å². The minimum absolute atomic E-state index is 0.169. The number of amides is 1. The number of hydrogen-bond acceptors (Lipinski definition) is 4. The summed E-state index contributed by atoms with van der Waals surface area (Å²) in [7, 11) is 0. The van der Waals surface area contributed by atoms with Gasteiger partial charge in [0, 0.05) is 11.8 Å². The molecule has 1 aromatic rings. The van der Waals surface area contributed by atoms with Crippen LogP contribution in [0.2, 0.25) is 0 Å². The van der Waals surface area contributed by atoms with Crippen LogP contribution in [0.15, 0.2) is 18.2 Å². The Morgan fingerprint density at radius 1 is 1.28 bits per heavy atom. The summed E-state index contributed by atoms with van der Waals surface area (Å²) in [5.41, 5.74) is 0.585. The highest BCUT2D eigenvalue weighted by Crippen LogP contribution is 2.30. The van der Waals surface area contributed by atoms with Crippen LogP contribution >= 0.6 is 0 Å². The average Bonchev–Trinajstić information content (AvgIpc) is 2.33. The Hall–Kier alpha value is -2.22. The van der Waals surface area contributed by atoms with Crippen molar-refractivity contribution >= 4 is 11.6 Å². The number of hydrogen-bond donors (Lipinski definition) is 1. The van der Waals surface area contributed by atoms with E-state index in [1.54, 1.807) is 24.3 Å². The number of benzene rings is 1. The molecule has 0 fully saturated rings. The smallest absolute Gasteiger partial charge is 0.238 e. The van der Waals surface area contributed by atoms with Gasteiger partial charge in [-0.25, -0.2) is 0 Å². The summed E-state index contributed by atoms with van der Waals surface area (Å²) >= 11 is 0. The van der Waals surface area contributed by atoms with Gasteiger partial charge in [0.25, 0.3) is 0 Å². The lowest BCUT2D eigenvalue weighted by Crippen LogP contribution is -2.10. The Bertz CT molecular complexity index is 452. The fraction of sp³-hybridized carbons (Fsp3) is 0.385. The number of nitrogens with one attached hydrogen (secondary N) is 1. The summed E-state index contributed by atoms with van der Waals surface area (Å²) in [6.45, 7) is 4.81. The highest BCUT2D eigenvalue weighted by molar-refractivity contribution is 5.92. The van der Waals surface area contributed by atoms with Gasteiger partial charge >= 0.3 is 0 Å². The quantitative estimate of drug-likeness (QED) is 0.838. The molecule has 0 heterocycles. The van der Waals surface area contributed by atoms with Crippen molar-refractivity contribution in [3.63, 3.8) is 0 Å². The van der Waals surface area contributed by atoms with E-state index in [0.29, 0.717) is 30.4 Å². The zero-order valence-corrected chi connectivity index (χ0v) is 10.5. The normalized spacial score (nSPS) is 9.39. The second-order valence-corrected chi connectivity index (χ2v) is 3.41. The van der Waals surface area contributed by atoms with Gasteiger partial charge < -0.3 is 14.8 Å². The van der Waals surface area contributed by atoms with Crippen molar-refractivity contribution in [2.75, 3.05) is 18.5 Å². The summed E-state index contributed by atoms with van der Waals surface area (Å²) < 4.78 is 10.8. The minimum atomic E-state index is -0.343. The molecule has 0 aliphatic carbocycles. The van der Waals surface area contributed by atoms with Gasteiger partial charge in [-0.2, -0.15) is 5.26 Å². The van der Waals surface area contributed by atoms with Crippen LogP contribution in [0.3, 0.4) is 0 Å². The van der Waals surface area contributed by atoms with Crippen LogP contribution < -0.4 is 14.8 Å². The first-order valence-corrected chi connectivity index (χ1v) is 5.77. The minimum Gasteiger partial charge on any atom is -0.490 e. The number of nitrogens with zero attached hydrogens (tertiary/aromatic N) is 1. The van der Waals surface area contributed by atoms with Crippen molar-refractivity contribution in [3.05, 3.63) is 18.2 Å². The Labute approximate surface area is 106 Å². The van der Waals surface area contributed by atoms with E-state index in [-0.39, 0.29) is 12.3 Å². The van der Waals surface area contributed by atoms with Gasteiger partial charge in [-0.1, -0.05) is 0 Å². The molecule has 0 unspecified atom stereocenters. The predicted molar refractivity (Wildman–Crippen MR) is 67.6 cm³/mol. The third-order valence-corrected chi connectivity index (χ3v) is 2.07. The van der Waals surface area contributed by atoms with Crippen LogP contribution in [0.25, 0.3) is 0 Å². The lowest BCUT2D eigenvalue weighted by molar-refractivity contribution is -0.115. The summed E-state index contributed by atoms with van der Waals surface area (Å²) in [5.74, 6) is 0.871. The molecule has 1 aromatic carbocycles. The van der Waals surface area contributed by atoms with E-state index in [9.17, 15) is 4.79 Å². The summed E-state index contributed by atoms with van der Waals surface area (Å²) in [5, 5.41) is 11.0. The first kappa shape index (κ1) is 13.8. The largest absolute Gasteiger partial charge is 0.490 e. The maximum Gasteiger partial charge on any atom is 0.238 e. The molecule has 0 radical (unpaired) electrons. The lowest BCUT2D eigenvalue weighted by Gasteiger charge is -2.12. The first-order valence-electron chi connectivity index (χ1n) is 5.77. The maximum atomic E-state index is 11.3. The third kappa shape index (κ3) is 3.98. The summed E-state index contributed by atoms with van der Waals surface area (Å²) in [6, 6.07) is 6.92. The second kappa shape index (κ2) is 7.17. The molecule has 0 atom stereocenters. The number of rotatable bonds is 6. The predicted octanol–water partition coefficient (Wildman–Crippen LogP) is 2.34. The average molecular weight is 248 g/mol. The van der Waals surface area contributed by atoms with E-state index >= 15 is 0 Å². The van der Waals surface area contributed by atoms with Crippen molar-refractivity contribution < 1.29 is 14.3 Å². The SMILES string of the molecule is CCOc1ccc(NC(=O)CC#N)cc1OCC. The molecule has 0 saturated carbocycles. The van der Waals surface area contributed by atoms with E-state index in [1.807, 2.05) is 13.8 Å². The van der Waals surface area contributed by atoms with Crippen LogP contribution in [0.4, 0.5) is 5.69 Å². The maximum absolute atomic E-state index is 11.3. The Balaban J connectivity index is 2.85. The highest BCUT2D eigenvalue weighted by Gasteiger charge is 2.08. The van der Waals surface area contributed by atoms with Gasteiger partial charge in [-0.3, -0.25) is 4.79 Å². The Morgan fingerprint density at radius 2 is 1.94 bits per heavy atom. The van der Waals surface area contributed by atoms with Gasteiger partial charge in [-0.05, 0) is 26.0 Å². The molecule has 96 valence electrons. The zero-order chi connectivity index (χ0) is 13.4. The summed E-state index contributed by atoms with van der Waals surface area (Å²) in [6.07, 6.45) is -0.169. The van der Waals surface area contributed by atoms with Crippen molar-refractivity contribution in [1.82, 2.24) is 0 Å². The second-order valence-electron chi connectivity index (χ2n) is 3.41. The topological polar surface area (TPSA) is 71.3 Å². The first-order chi connectivity index (χ1) is 8.71. The Morgan fingerprint density at radius 3 is 2.56 bits per heavy atom. The molecule has 1 N–H and O–H groups in total. The molecule has 0 aliphatic heterocycles. The van der Waals surface area contributed by atoms with Crippen LogP contribution in [-0.4, -0.2) is 19.1 Å². The van der Waals surface area contributed by atoms with Crippen molar-refractivity contribution in [1.29, 1.82) is 5.26 Å². The van der Waals surface area contributed by atoms with Gasteiger partial charge in [0.15, 0.2) is 11.5 Å². The molecular formula is C13H16N2O3. The number of carbonyl (C=O) groups is 1. The molecule has 0 bridgehead atoms. The molecule has 18 heavy (non-hydrogen) atoms. The van der Waals surface area contributed by atoms with Gasteiger partial charge in [0.2, 0.25) is 5.91 Å². The lowest BCUT2D eigenvalue weighted by atomic mass is 10.2. The van der Waals surface area contributed by atoms with Gasteiger partial charge in [0.1, 0.15) is 6.42 Å². The number of nitriles is 1. The molecular weight excluding hydrogens is 232 g/mol. The molecule has 0 saturated heterocycles. The number of anilines is 1. The van der Waals surface area contributed by atoms with Gasteiger partial charge in [-0.15, -0.1) is 0 Å². The van der Waals surface area contributed by atoms with Crippen LogP contribution in [0.5, 0.6) is 11.5 Å². The molecule has 1 rings (SSSR count). The van der Waals surface area contributed by atoms with Crippen molar-refractivity contribution in [2.24, 2.45) is 0 Å². The molecule has 0 aliphatic rings. The van der Waals surface area contributed by atoms with Crippen LogP contribution in [0.1, 0.15) is 20.3 Å². The fourth-order valence-corrected chi connectivity index (χ4v) is 1.41. The molecule has 1 amide bonds. The molecule has 0 aromatic heterocycles. The Kier molecular flexibility index (Phi) is 5.52. The van der Waals surface area contributed by atoms with Crippen molar-refractivity contribution in [3.8, 4) is 17.6 Å². The van der Waals surface area contributed by atoms with Crippen LogP contribution in [0, 0.1) is 11.3 Å². The number of carbonyl (C=O) groups excluding carboxylic acids is 1.